The summed E-state index contributed by atoms with van der Waals surface area (Å²) in [4.78, 5) is 25.5. The van der Waals surface area contributed by atoms with E-state index in [-0.39, 0.29) is 18.1 Å². The number of carbonyl (C=O) groups excluding carboxylic acids is 2. The molecule has 6 atom stereocenters. The number of fused-ring (bicyclic) bond motifs is 1. The van der Waals surface area contributed by atoms with E-state index in [1.807, 2.05) is 0 Å². The summed E-state index contributed by atoms with van der Waals surface area (Å²) in [7, 11) is 1.36. The standard InChI is InChI=1S/C28H26O10/c1-33-28-23(30)22(29)24-21(37-28)15-34-27(38-24)18-12-13-19(35-25(31)16-8-4-2-5-9-16)20(14-18)36-26(32)17-10-6-3-7-11-17/h2-14,21-24,27-30H,15H2,1H3/t21-,22-,23-,24+,27?,28+/m1/s1. The van der Waals surface area contributed by atoms with E-state index in [0.29, 0.717) is 16.7 Å². The summed E-state index contributed by atoms with van der Waals surface area (Å²) < 4.78 is 33.6. The highest BCUT2D eigenvalue weighted by Crippen LogP contribution is 2.38. The summed E-state index contributed by atoms with van der Waals surface area (Å²) in [6.07, 6.45) is -6.18. The Hall–Kier alpha value is -3.64. The van der Waals surface area contributed by atoms with Crippen LogP contribution in [0.4, 0.5) is 0 Å². The Morgan fingerprint density at radius 1 is 0.789 bits per heavy atom. The van der Waals surface area contributed by atoms with Gasteiger partial charge in [-0.15, -0.1) is 0 Å². The van der Waals surface area contributed by atoms with E-state index in [2.05, 4.69) is 0 Å². The molecule has 0 saturated carbocycles. The van der Waals surface area contributed by atoms with Gasteiger partial charge in [0, 0.05) is 12.7 Å². The molecule has 2 aliphatic rings. The second kappa shape index (κ2) is 11.4. The van der Waals surface area contributed by atoms with Gasteiger partial charge in [0.15, 0.2) is 24.1 Å². The summed E-state index contributed by atoms with van der Waals surface area (Å²) in [5.74, 6) is -1.31. The molecule has 0 aliphatic carbocycles. The van der Waals surface area contributed by atoms with E-state index >= 15 is 0 Å². The molecule has 0 spiro atoms. The number of benzene rings is 3. The number of aliphatic hydroxyl groups is 2. The number of carbonyl (C=O) groups is 2. The molecule has 2 aliphatic heterocycles. The van der Waals surface area contributed by atoms with Crippen molar-refractivity contribution in [3.63, 3.8) is 0 Å². The molecule has 3 aromatic carbocycles. The van der Waals surface area contributed by atoms with E-state index in [0.717, 1.165) is 0 Å². The Morgan fingerprint density at radius 2 is 1.39 bits per heavy atom. The first kappa shape index (κ1) is 26.0. The number of esters is 2. The average molecular weight is 523 g/mol. The minimum absolute atomic E-state index is 0.0139. The maximum Gasteiger partial charge on any atom is 0.343 e. The van der Waals surface area contributed by atoms with Crippen LogP contribution in [0, 0.1) is 0 Å². The quantitative estimate of drug-likeness (QED) is 0.368. The van der Waals surface area contributed by atoms with Crippen LogP contribution in [-0.2, 0) is 18.9 Å². The molecule has 0 bridgehead atoms. The molecule has 1 unspecified atom stereocenters. The Bertz CT molecular complexity index is 1260. The summed E-state index contributed by atoms with van der Waals surface area (Å²) in [5, 5.41) is 20.8. The predicted molar refractivity (Wildman–Crippen MR) is 130 cm³/mol. The predicted octanol–water partition coefficient (Wildman–Crippen LogP) is 2.63. The third kappa shape index (κ3) is 5.46. The fourth-order valence-electron chi connectivity index (χ4n) is 4.24. The molecule has 2 N–H and O–H groups in total. The molecule has 0 radical (unpaired) electrons. The lowest BCUT2D eigenvalue weighted by atomic mass is 9.98. The zero-order chi connectivity index (χ0) is 26.6. The van der Waals surface area contributed by atoms with Gasteiger partial charge in [-0.25, -0.2) is 9.59 Å². The van der Waals surface area contributed by atoms with Crippen LogP contribution in [0.15, 0.2) is 78.9 Å². The zero-order valence-electron chi connectivity index (χ0n) is 20.3. The van der Waals surface area contributed by atoms with E-state index < -0.39 is 48.9 Å². The molecule has 2 saturated heterocycles. The molecule has 2 heterocycles. The molecule has 198 valence electrons. The van der Waals surface area contributed by atoms with Crippen molar-refractivity contribution in [2.24, 2.45) is 0 Å². The molecule has 2 fully saturated rings. The third-order valence-corrected chi connectivity index (χ3v) is 6.23. The van der Waals surface area contributed by atoms with Crippen LogP contribution in [0.1, 0.15) is 32.6 Å². The van der Waals surface area contributed by atoms with Gasteiger partial charge in [0.05, 0.1) is 17.7 Å². The zero-order valence-corrected chi connectivity index (χ0v) is 20.3. The van der Waals surface area contributed by atoms with Gasteiger partial charge in [0.1, 0.15) is 24.4 Å². The van der Waals surface area contributed by atoms with Crippen LogP contribution in [0.2, 0.25) is 0 Å². The van der Waals surface area contributed by atoms with Crippen molar-refractivity contribution in [1.29, 1.82) is 0 Å². The van der Waals surface area contributed by atoms with Gasteiger partial charge in [0.2, 0.25) is 0 Å². The topological polar surface area (TPSA) is 130 Å². The lowest BCUT2D eigenvalue weighted by Crippen LogP contribution is -2.62. The number of aliphatic hydroxyl groups excluding tert-OH is 2. The van der Waals surface area contributed by atoms with E-state index in [1.54, 1.807) is 66.7 Å². The number of hydrogen-bond donors (Lipinski definition) is 2. The SMILES string of the molecule is CO[C@H]1O[C@@H]2COC(c3ccc(OC(=O)c4ccccc4)c(OC(=O)c4ccccc4)c3)O[C@@H]2[C@H](O)[C@H]1O. The van der Waals surface area contributed by atoms with Crippen molar-refractivity contribution in [3.05, 3.63) is 95.6 Å². The molecule has 10 nitrogen and oxygen atoms in total. The van der Waals surface area contributed by atoms with E-state index in [1.165, 1.54) is 19.2 Å². The fraction of sp³-hybridized carbons (Fsp3) is 0.286. The Balaban J connectivity index is 1.40. The molecular formula is C28H26O10. The van der Waals surface area contributed by atoms with Gasteiger partial charge in [-0.2, -0.15) is 0 Å². The maximum absolute atomic E-state index is 12.8. The summed E-state index contributed by atoms with van der Waals surface area (Å²) in [6, 6.07) is 21.3. The molecule has 0 amide bonds. The van der Waals surface area contributed by atoms with Crippen molar-refractivity contribution in [2.75, 3.05) is 13.7 Å². The summed E-state index contributed by atoms with van der Waals surface area (Å²) in [5.41, 5.74) is 1.05. The van der Waals surface area contributed by atoms with Crippen molar-refractivity contribution in [3.8, 4) is 11.5 Å². The monoisotopic (exact) mass is 522 g/mol. The third-order valence-electron chi connectivity index (χ3n) is 6.23. The van der Waals surface area contributed by atoms with Crippen LogP contribution >= 0.6 is 0 Å². The van der Waals surface area contributed by atoms with Crippen LogP contribution in [0.3, 0.4) is 0 Å². The normalized spacial score (nSPS) is 26.7. The summed E-state index contributed by atoms with van der Waals surface area (Å²) >= 11 is 0. The first-order chi connectivity index (χ1) is 18.4. The van der Waals surface area contributed by atoms with Crippen molar-refractivity contribution in [2.45, 2.75) is 37.0 Å². The average Bonchev–Trinajstić information content (AvgIpc) is 2.96. The Morgan fingerprint density at radius 3 is 2.00 bits per heavy atom. The van der Waals surface area contributed by atoms with Gasteiger partial charge in [-0.05, 0) is 42.5 Å². The number of rotatable bonds is 6. The second-order valence-electron chi connectivity index (χ2n) is 8.74. The highest BCUT2D eigenvalue weighted by molar-refractivity contribution is 5.93. The molecule has 5 rings (SSSR count). The van der Waals surface area contributed by atoms with Crippen LogP contribution in [-0.4, -0.2) is 66.6 Å². The van der Waals surface area contributed by atoms with Crippen LogP contribution in [0.5, 0.6) is 11.5 Å². The first-order valence-electron chi connectivity index (χ1n) is 11.9. The lowest BCUT2D eigenvalue weighted by molar-refractivity contribution is -0.358. The van der Waals surface area contributed by atoms with Gasteiger partial charge in [-0.1, -0.05) is 36.4 Å². The maximum atomic E-state index is 12.8. The molecule has 10 heteroatoms. The smallest absolute Gasteiger partial charge is 0.343 e. The largest absolute Gasteiger partial charge is 0.419 e. The van der Waals surface area contributed by atoms with Crippen molar-refractivity contribution in [1.82, 2.24) is 0 Å². The molecule has 3 aromatic rings. The lowest BCUT2D eigenvalue weighted by Gasteiger charge is -2.45. The summed E-state index contributed by atoms with van der Waals surface area (Å²) in [6.45, 7) is 0.0445. The number of hydrogen-bond acceptors (Lipinski definition) is 10. The Kier molecular flexibility index (Phi) is 7.79. The molecule has 0 aromatic heterocycles. The fourth-order valence-corrected chi connectivity index (χ4v) is 4.24. The van der Waals surface area contributed by atoms with Gasteiger partial charge < -0.3 is 38.6 Å². The van der Waals surface area contributed by atoms with Crippen LogP contribution in [0.25, 0.3) is 0 Å². The minimum Gasteiger partial charge on any atom is -0.419 e. The van der Waals surface area contributed by atoms with Gasteiger partial charge >= 0.3 is 11.9 Å². The van der Waals surface area contributed by atoms with Crippen LogP contribution < -0.4 is 9.47 Å². The van der Waals surface area contributed by atoms with Gasteiger partial charge in [-0.3, -0.25) is 0 Å². The molecular weight excluding hydrogens is 496 g/mol. The Labute approximate surface area is 218 Å². The van der Waals surface area contributed by atoms with E-state index in [4.69, 9.17) is 28.4 Å². The number of ether oxygens (including phenoxy) is 6. The van der Waals surface area contributed by atoms with E-state index in [9.17, 15) is 19.8 Å². The highest BCUT2D eigenvalue weighted by atomic mass is 16.7. The highest BCUT2D eigenvalue weighted by Gasteiger charge is 2.49. The van der Waals surface area contributed by atoms with Crippen molar-refractivity contribution >= 4 is 11.9 Å². The second-order valence-corrected chi connectivity index (χ2v) is 8.74. The molecule has 38 heavy (non-hydrogen) atoms. The minimum atomic E-state index is -1.32. The van der Waals surface area contributed by atoms with Gasteiger partial charge in [0.25, 0.3) is 0 Å². The number of methoxy groups -OCH3 is 1. The first-order valence-corrected chi connectivity index (χ1v) is 11.9. The van der Waals surface area contributed by atoms with Crippen molar-refractivity contribution < 1.29 is 48.2 Å².